The molecule has 0 unspecified atom stereocenters. The first kappa shape index (κ1) is 24.0. The summed E-state index contributed by atoms with van der Waals surface area (Å²) < 4.78 is 31.7. The molecule has 6 nitrogen and oxygen atoms in total. The Morgan fingerprint density at radius 3 is 2.38 bits per heavy atom. The van der Waals surface area contributed by atoms with E-state index in [9.17, 15) is 14.3 Å². The molecule has 0 spiro atoms. The average Bonchev–Trinajstić information content (AvgIpc) is 2.97. The predicted octanol–water partition coefficient (Wildman–Crippen LogP) is 4.26. The van der Waals surface area contributed by atoms with Gasteiger partial charge in [0.15, 0.2) is 0 Å². The van der Waals surface area contributed by atoms with E-state index in [1.54, 1.807) is 12.1 Å². The molecule has 1 fully saturated rings. The number of nitrogens with one attached hydrogen (secondary N) is 1. The van der Waals surface area contributed by atoms with Gasteiger partial charge in [-0.1, -0.05) is 48.5 Å². The van der Waals surface area contributed by atoms with E-state index in [1.807, 2.05) is 58.0 Å². The van der Waals surface area contributed by atoms with E-state index >= 15 is 0 Å². The van der Waals surface area contributed by atoms with Crippen LogP contribution in [0.4, 0.5) is 9.18 Å². The number of carbonyl (C=O) groups excluding carboxylic acids is 1. The van der Waals surface area contributed by atoms with Gasteiger partial charge in [0.25, 0.3) is 0 Å². The third kappa shape index (κ3) is 5.76. The number of hydrogen-bond donors (Lipinski definition) is 2. The van der Waals surface area contributed by atoms with Gasteiger partial charge in [0.2, 0.25) is 0 Å². The van der Waals surface area contributed by atoms with E-state index in [2.05, 4.69) is 5.32 Å². The topological polar surface area (TPSA) is 77.0 Å². The van der Waals surface area contributed by atoms with Crippen LogP contribution < -0.4 is 5.32 Å². The number of rotatable bonds is 7. The zero-order valence-electron chi connectivity index (χ0n) is 18.9. The number of alkyl carbamates (subject to hydrolysis) is 1. The number of halogens is 1. The summed E-state index contributed by atoms with van der Waals surface area (Å²) in [4.78, 5) is 12.3. The summed E-state index contributed by atoms with van der Waals surface area (Å²) in [7, 11) is -0.727. The van der Waals surface area contributed by atoms with Gasteiger partial charge in [-0.05, 0) is 50.4 Å². The highest BCUT2D eigenvalue weighted by Crippen LogP contribution is 2.38. The van der Waals surface area contributed by atoms with Gasteiger partial charge < -0.3 is 24.5 Å². The van der Waals surface area contributed by atoms with Crippen molar-refractivity contribution in [2.24, 2.45) is 0 Å². The highest BCUT2D eigenvalue weighted by atomic mass is 19.1. The third-order valence-electron chi connectivity index (χ3n) is 5.81. The minimum Gasteiger partial charge on any atom is -0.445 e. The first-order valence-corrected chi connectivity index (χ1v) is 10.5. The van der Waals surface area contributed by atoms with Crippen molar-refractivity contribution in [2.45, 2.75) is 52.1 Å². The molecule has 0 aromatic heterocycles. The Kier molecular flexibility index (Phi) is 7.38. The highest BCUT2D eigenvalue weighted by Gasteiger charge is 2.52. The summed E-state index contributed by atoms with van der Waals surface area (Å²) in [5.41, 5.74) is 1.11. The lowest BCUT2D eigenvalue weighted by Crippen LogP contribution is -2.41. The Balaban J connectivity index is 1.75. The fourth-order valence-corrected chi connectivity index (χ4v) is 3.14. The number of aliphatic hydroxyl groups excluding tert-OH is 1. The number of ether oxygens (including phenoxy) is 1. The fraction of sp³-hybridized carbons (Fsp3) is 0.375. The molecule has 2 aromatic carbocycles. The van der Waals surface area contributed by atoms with Crippen molar-refractivity contribution in [1.29, 1.82) is 0 Å². The van der Waals surface area contributed by atoms with Gasteiger partial charge in [-0.15, -0.1) is 0 Å². The molecule has 0 aliphatic carbocycles. The molecule has 0 atom stereocenters. The summed E-state index contributed by atoms with van der Waals surface area (Å²) >= 11 is 0. The molecule has 2 N–H and O–H groups in total. The lowest BCUT2D eigenvalue weighted by Gasteiger charge is -2.32. The minimum atomic E-state index is -0.727. The smallest absolute Gasteiger partial charge is 0.445 e. The molecular weight excluding hydrogens is 412 g/mol. The summed E-state index contributed by atoms with van der Waals surface area (Å²) in [6, 6.07) is 13.9. The van der Waals surface area contributed by atoms with Crippen molar-refractivity contribution in [3.63, 3.8) is 0 Å². The molecule has 1 saturated heterocycles. The van der Waals surface area contributed by atoms with Crippen molar-refractivity contribution in [3.8, 4) is 0 Å². The molecule has 2 aromatic rings. The van der Waals surface area contributed by atoms with Crippen LogP contribution in [0.2, 0.25) is 0 Å². The van der Waals surface area contributed by atoms with Crippen molar-refractivity contribution in [3.05, 3.63) is 76.5 Å². The van der Waals surface area contributed by atoms with Crippen LogP contribution in [0.1, 0.15) is 44.4 Å². The number of aliphatic hydroxyl groups is 1. The molecule has 0 saturated carbocycles. The summed E-state index contributed by atoms with van der Waals surface area (Å²) in [5.74, 6) is -0.509. The molecule has 1 aliphatic heterocycles. The van der Waals surface area contributed by atoms with E-state index in [0.717, 1.165) is 5.56 Å². The van der Waals surface area contributed by atoms with E-state index < -0.39 is 30.2 Å². The first-order chi connectivity index (χ1) is 15.1. The number of amides is 1. The number of carbonyl (C=O) groups is 1. The highest BCUT2D eigenvalue weighted by molar-refractivity contribution is 6.56. The maximum absolute atomic E-state index is 14.2. The van der Waals surface area contributed by atoms with Crippen LogP contribution in [0, 0.1) is 5.82 Å². The fourth-order valence-electron chi connectivity index (χ4n) is 3.14. The second-order valence-corrected chi connectivity index (χ2v) is 8.73. The lowest BCUT2D eigenvalue weighted by atomic mass is 9.77. The second kappa shape index (κ2) is 9.86. The lowest BCUT2D eigenvalue weighted by molar-refractivity contribution is 0.00578. The SMILES string of the molecule is CC1(C)OB(C(=Cc2ccc(CO)c(F)c2)CNC(=O)OCc2ccccc2)OC1(C)C. The molecule has 1 heterocycles. The first-order valence-electron chi connectivity index (χ1n) is 10.5. The van der Waals surface area contributed by atoms with E-state index in [1.165, 1.54) is 12.1 Å². The monoisotopic (exact) mass is 441 g/mol. The third-order valence-corrected chi connectivity index (χ3v) is 5.81. The van der Waals surface area contributed by atoms with Crippen LogP contribution in [-0.4, -0.2) is 36.1 Å². The Morgan fingerprint density at radius 2 is 1.78 bits per heavy atom. The Bertz CT molecular complexity index is 962. The predicted molar refractivity (Wildman–Crippen MR) is 121 cm³/mol. The summed E-state index contributed by atoms with van der Waals surface area (Å²) in [6.07, 6.45) is 1.13. The van der Waals surface area contributed by atoms with Crippen LogP contribution in [0.15, 0.2) is 54.0 Å². The Labute approximate surface area is 188 Å². The van der Waals surface area contributed by atoms with Gasteiger partial charge in [-0.3, -0.25) is 0 Å². The van der Waals surface area contributed by atoms with Crippen molar-refractivity contribution < 1.29 is 28.3 Å². The molecule has 0 radical (unpaired) electrons. The van der Waals surface area contributed by atoms with Crippen molar-refractivity contribution >= 4 is 19.3 Å². The molecule has 170 valence electrons. The normalized spacial score (nSPS) is 17.3. The van der Waals surface area contributed by atoms with E-state index in [0.29, 0.717) is 11.0 Å². The van der Waals surface area contributed by atoms with Crippen molar-refractivity contribution in [1.82, 2.24) is 5.32 Å². The van der Waals surface area contributed by atoms with Gasteiger partial charge in [-0.25, -0.2) is 9.18 Å². The van der Waals surface area contributed by atoms with Crippen LogP contribution in [0.5, 0.6) is 0 Å². The Morgan fingerprint density at radius 1 is 1.12 bits per heavy atom. The van der Waals surface area contributed by atoms with Crippen molar-refractivity contribution in [2.75, 3.05) is 6.54 Å². The van der Waals surface area contributed by atoms with Gasteiger partial charge in [0.05, 0.1) is 17.8 Å². The molecule has 3 rings (SSSR count). The molecule has 8 heteroatoms. The molecule has 0 bridgehead atoms. The number of benzene rings is 2. The largest absolute Gasteiger partial charge is 0.492 e. The average molecular weight is 441 g/mol. The standard InChI is InChI=1S/C24H29BFNO5/c1-23(2)24(3,4)32-25(31-23)20(12-18-10-11-19(15-28)21(26)13-18)14-27-22(29)30-16-17-8-6-5-7-9-17/h5-13,28H,14-16H2,1-4H3,(H,27,29). The second-order valence-electron chi connectivity index (χ2n) is 8.73. The van der Waals surface area contributed by atoms with Gasteiger partial charge in [0, 0.05) is 12.1 Å². The Hall–Kier alpha value is -2.68. The van der Waals surface area contributed by atoms with Gasteiger partial charge in [-0.2, -0.15) is 0 Å². The quantitative estimate of drug-likeness (QED) is 0.628. The van der Waals surface area contributed by atoms with Crippen LogP contribution in [-0.2, 0) is 27.3 Å². The molecule has 1 amide bonds. The maximum Gasteiger partial charge on any atom is 0.492 e. The van der Waals surface area contributed by atoms with Crippen LogP contribution in [0.25, 0.3) is 6.08 Å². The van der Waals surface area contributed by atoms with E-state index in [4.69, 9.17) is 14.0 Å². The summed E-state index contributed by atoms with van der Waals surface area (Å²) in [6.45, 7) is 7.59. The molecule has 1 aliphatic rings. The molecule has 32 heavy (non-hydrogen) atoms. The van der Waals surface area contributed by atoms with Crippen LogP contribution >= 0.6 is 0 Å². The van der Waals surface area contributed by atoms with Gasteiger partial charge >= 0.3 is 13.2 Å². The van der Waals surface area contributed by atoms with Gasteiger partial charge in [0.1, 0.15) is 12.4 Å². The zero-order valence-corrected chi connectivity index (χ0v) is 18.9. The van der Waals surface area contributed by atoms with Crippen LogP contribution in [0.3, 0.4) is 0 Å². The minimum absolute atomic E-state index is 0.0911. The van der Waals surface area contributed by atoms with E-state index in [-0.39, 0.29) is 25.3 Å². The maximum atomic E-state index is 14.2. The number of hydrogen-bond acceptors (Lipinski definition) is 5. The zero-order chi connectivity index (χ0) is 23.4. The molecular formula is C24H29BFNO5. The summed E-state index contributed by atoms with van der Waals surface area (Å²) in [5, 5.41) is 11.9.